The van der Waals surface area contributed by atoms with Gasteiger partial charge in [0.1, 0.15) is 18.4 Å². The van der Waals surface area contributed by atoms with Crippen molar-refractivity contribution in [2.75, 3.05) is 17.4 Å². The van der Waals surface area contributed by atoms with E-state index in [0.29, 0.717) is 17.1 Å². The molecule has 0 bridgehead atoms. The smallest absolute Gasteiger partial charge is 0.264 e. The number of nitrogens with zero attached hydrogens (tertiary/aromatic N) is 2. The molecule has 1 unspecified atom stereocenters. The maximum absolute atomic E-state index is 14.0. The monoisotopic (exact) mass is 607 g/mol. The van der Waals surface area contributed by atoms with E-state index in [9.17, 15) is 22.4 Å². The number of halogens is 3. The van der Waals surface area contributed by atoms with Crippen LogP contribution in [-0.4, -0.2) is 44.3 Å². The molecule has 3 rings (SSSR count). The van der Waals surface area contributed by atoms with Crippen LogP contribution in [0.5, 0.6) is 0 Å². The minimum atomic E-state index is -4.23. The van der Waals surface area contributed by atoms with Crippen molar-refractivity contribution in [3.63, 3.8) is 0 Å². The van der Waals surface area contributed by atoms with Gasteiger partial charge in [-0.2, -0.15) is 0 Å². The number of amides is 2. The summed E-state index contributed by atoms with van der Waals surface area (Å²) in [5.41, 5.74) is 0.711. The van der Waals surface area contributed by atoms with Crippen LogP contribution in [0.25, 0.3) is 0 Å². The molecule has 0 aromatic heterocycles. The van der Waals surface area contributed by atoms with Gasteiger partial charge in [-0.1, -0.05) is 68.2 Å². The van der Waals surface area contributed by atoms with Crippen LogP contribution in [0.4, 0.5) is 10.1 Å². The first-order valence-corrected chi connectivity index (χ1v) is 15.0. The fourth-order valence-corrected chi connectivity index (χ4v) is 5.79. The highest BCUT2D eigenvalue weighted by Gasteiger charge is 2.33. The van der Waals surface area contributed by atoms with Crippen LogP contribution in [0.3, 0.4) is 0 Å². The molecule has 1 N–H and O–H groups in total. The van der Waals surface area contributed by atoms with Crippen LogP contribution in [0.15, 0.2) is 77.7 Å². The third-order valence-corrected chi connectivity index (χ3v) is 8.66. The molecule has 7 nitrogen and oxygen atoms in total. The number of hydrogen-bond acceptors (Lipinski definition) is 4. The fourth-order valence-electron chi connectivity index (χ4n) is 4.03. The van der Waals surface area contributed by atoms with Crippen molar-refractivity contribution in [1.82, 2.24) is 10.2 Å². The summed E-state index contributed by atoms with van der Waals surface area (Å²) in [6.45, 7) is 5.44. The second-order valence-electron chi connectivity index (χ2n) is 9.63. The Morgan fingerprint density at radius 3 is 2.17 bits per heavy atom. The maximum Gasteiger partial charge on any atom is 0.264 e. The topological polar surface area (TPSA) is 86.8 Å². The molecule has 2 amide bonds. The number of sulfonamides is 1. The molecule has 0 aliphatic heterocycles. The highest BCUT2D eigenvalue weighted by molar-refractivity contribution is 7.92. The van der Waals surface area contributed by atoms with Gasteiger partial charge in [0.25, 0.3) is 10.0 Å². The third kappa shape index (κ3) is 7.96. The molecule has 214 valence electrons. The predicted octanol–water partition coefficient (Wildman–Crippen LogP) is 5.91. The summed E-state index contributed by atoms with van der Waals surface area (Å²) in [7, 11) is -4.23. The number of anilines is 1. The number of hydrogen-bond donors (Lipinski definition) is 1. The van der Waals surface area contributed by atoms with Crippen molar-refractivity contribution >= 4 is 50.7 Å². The average Bonchev–Trinajstić information content (AvgIpc) is 2.93. The summed E-state index contributed by atoms with van der Waals surface area (Å²) in [5.74, 6) is -1.35. The van der Waals surface area contributed by atoms with Crippen LogP contribution in [0, 0.1) is 11.7 Å². The van der Waals surface area contributed by atoms with E-state index >= 15 is 0 Å². The van der Waals surface area contributed by atoms with Gasteiger partial charge in [-0.3, -0.25) is 13.9 Å². The Labute approximate surface area is 244 Å². The van der Waals surface area contributed by atoms with E-state index in [1.165, 1.54) is 29.2 Å². The second kappa shape index (κ2) is 14.0. The lowest BCUT2D eigenvalue weighted by Crippen LogP contribution is -2.52. The van der Waals surface area contributed by atoms with E-state index in [0.717, 1.165) is 16.4 Å². The van der Waals surface area contributed by atoms with Crippen molar-refractivity contribution in [3.8, 4) is 0 Å². The molecule has 0 saturated carbocycles. The SMILES string of the molecule is CCC(C(=O)NCC(C)C)N(Cc1ccc(Cl)c(Cl)c1)C(=O)CN(c1ccc(F)cc1)S(=O)(=O)c1ccccc1. The van der Waals surface area contributed by atoms with E-state index in [-0.39, 0.29) is 40.4 Å². The van der Waals surface area contributed by atoms with Gasteiger partial charge in [0.2, 0.25) is 11.8 Å². The normalized spacial score (nSPS) is 12.2. The van der Waals surface area contributed by atoms with E-state index in [1.807, 2.05) is 13.8 Å². The average molecular weight is 609 g/mol. The van der Waals surface area contributed by atoms with E-state index < -0.39 is 34.3 Å². The summed E-state index contributed by atoms with van der Waals surface area (Å²) in [6.07, 6.45) is 0.277. The van der Waals surface area contributed by atoms with E-state index in [4.69, 9.17) is 23.2 Å². The Morgan fingerprint density at radius 1 is 0.950 bits per heavy atom. The number of nitrogens with one attached hydrogen (secondary N) is 1. The molecule has 0 aliphatic rings. The lowest BCUT2D eigenvalue weighted by Gasteiger charge is -2.33. The lowest BCUT2D eigenvalue weighted by molar-refractivity contribution is -0.140. The first kappa shape index (κ1) is 31.4. The maximum atomic E-state index is 14.0. The van der Waals surface area contributed by atoms with Crippen molar-refractivity contribution in [2.24, 2.45) is 5.92 Å². The van der Waals surface area contributed by atoms with Crippen LogP contribution < -0.4 is 9.62 Å². The molecule has 11 heteroatoms. The molecule has 0 radical (unpaired) electrons. The Hall–Kier alpha value is -3.14. The molecule has 0 fully saturated rings. The van der Waals surface area contributed by atoms with Crippen molar-refractivity contribution in [3.05, 3.63) is 94.2 Å². The molecule has 0 saturated heterocycles. The van der Waals surface area contributed by atoms with Crippen LogP contribution in [0.2, 0.25) is 10.0 Å². The molecule has 0 heterocycles. The summed E-state index contributed by atoms with van der Waals surface area (Å²) < 4.78 is 42.1. The summed E-state index contributed by atoms with van der Waals surface area (Å²) in [4.78, 5) is 28.5. The van der Waals surface area contributed by atoms with Crippen LogP contribution >= 0.6 is 23.2 Å². The molecular weight excluding hydrogens is 576 g/mol. The van der Waals surface area contributed by atoms with Crippen molar-refractivity contribution < 1.29 is 22.4 Å². The van der Waals surface area contributed by atoms with Crippen LogP contribution in [-0.2, 0) is 26.2 Å². The summed E-state index contributed by atoms with van der Waals surface area (Å²) in [6, 6.07) is 16.4. The molecule has 3 aromatic carbocycles. The number of benzene rings is 3. The molecule has 0 spiro atoms. The first-order valence-electron chi connectivity index (χ1n) is 12.8. The zero-order valence-corrected chi connectivity index (χ0v) is 24.8. The highest BCUT2D eigenvalue weighted by Crippen LogP contribution is 2.27. The van der Waals surface area contributed by atoms with Gasteiger partial charge in [0, 0.05) is 13.1 Å². The van der Waals surface area contributed by atoms with Gasteiger partial charge in [-0.05, 0) is 66.4 Å². The second-order valence-corrected chi connectivity index (χ2v) is 12.3. The van der Waals surface area contributed by atoms with Gasteiger partial charge < -0.3 is 10.2 Å². The van der Waals surface area contributed by atoms with Crippen molar-refractivity contribution in [1.29, 1.82) is 0 Å². The Balaban J connectivity index is 2.04. The molecular formula is C29H32Cl2FN3O4S. The van der Waals surface area contributed by atoms with E-state index in [1.54, 1.807) is 43.3 Å². The quantitative estimate of drug-likeness (QED) is 0.277. The lowest BCUT2D eigenvalue weighted by atomic mass is 10.1. The summed E-state index contributed by atoms with van der Waals surface area (Å²) >= 11 is 12.3. The predicted molar refractivity (Wildman–Crippen MR) is 156 cm³/mol. The number of carbonyl (C=O) groups excluding carboxylic acids is 2. The molecule has 40 heavy (non-hydrogen) atoms. The number of carbonyl (C=O) groups is 2. The molecule has 0 aliphatic carbocycles. The first-order chi connectivity index (χ1) is 18.9. The van der Waals surface area contributed by atoms with Crippen LogP contribution in [0.1, 0.15) is 32.8 Å². The van der Waals surface area contributed by atoms with Gasteiger partial charge in [0.15, 0.2) is 0 Å². The van der Waals surface area contributed by atoms with Gasteiger partial charge >= 0.3 is 0 Å². The standard InChI is InChI=1S/C29H32Cl2FN3O4S/c1-4-27(29(37)33-17-20(2)3)34(18-21-10-15-25(30)26(31)16-21)28(36)19-35(23-13-11-22(32)12-14-23)40(38,39)24-8-6-5-7-9-24/h5-16,20,27H,4,17-19H2,1-3H3,(H,33,37). The minimum Gasteiger partial charge on any atom is -0.354 e. The highest BCUT2D eigenvalue weighted by atomic mass is 35.5. The zero-order valence-electron chi connectivity index (χ0n) is 22.5. The Bertz CT molecular complexity index is 1420. The number of rotatable bonds is 12. The van der Waals surface area contributed by atoms with E-state index in [2.05, 4.69) is 5.32 Å². The molecule has 1 atom stereocenters. The molecule has 3 aromatic rings. The van der Waals surface area contributed by atoms with Gasteiger partial charge in [-0.15, -0.1) is 0 Å². The fraction of sp³-hybridized carbons (Fsp3) is 0.310. The zero-order chi connectivity index (χ0) is 29.4. The van der Waals surface area contributed by atoms with Gasteiger partial charge in [0.05, 0.1) is 20.6 Å². The van der Waals surface area contributed by atoms with Gasteiger partial charge in [-0.25, -0.2) is 12.8 Å². The van der Waals surface area contributed by atoms with Crippen molar-refractivity contribution in [2.45, 2.75) is 44.7 Å². The largest absolute Gasteiger partial charge is 0.354 e. The Morgan fingerprint density at radius 2 is 1.60 bits per heavy atom. The minimum absolute atomic E-state index is 0.0219. The Kier molecular flexibility index (Phi) is 11.0. The summed E-state index contributed by atoms with van der Waals surface area (Å²) in [5, 5.41) is 3.48. The third-order valence-electron chi connectivity index (χ3n) is 6.13.